The predicted octanol–water partition coefficient (Wildman–Crippen LogP) is 3.02. The predicted molar refractivity (Wildman–Crippen MR) is 106 cm³/mol. The molecule has 0 aliphatic rings. The third-order valence-electron chi connectivity index (χ3n) is 3.79. The van der Waals surface area contributed by atoms with Gasteiger partial charge in [-0.05, 0) is 35.9 Å². The summed E-state index contributed by atoms with van der Waals surface area (Å²) < 4.78 is 4.47. The number of nitrogens with one attached hydrogen (secondary N) is 2. The second-order valence-corrected chi connectivity index (χ2v) is 6.50. The SMILES string of the molecule is COC(=O)N/N=C(/c1nc2ccc(Cl)cc2[nH]c1=O)C(O)c1ccc(Cl)cc1. The van der Waals surface area contributed by atoms with E-state index in [-0.39, 0.29) is 11.4 Å². The van der Waals surface area contributed by atoms with Crippen molar-refractivity contribution in [1.29, 1.82) is 0 Å². The molecule has 0 radical (unpaired) electrons. The van der Waals surface area contributed by atoms with E-state index in [4.69, 9.17) is 23.2 Å². The van der Waals surface area contributed by atoms with Gasteiger partial charge in [0.25, 0.3) is 5.56 Å². The Labute approximate surface area is 168 Å². The number of ether oxygens (including phenoxy) is 1. The number of benzene rings is 2. The Morgan fingerprint density at radius 2 is 1.89 bits per heavy atom. The fourth-order valence-electron chi connectivity index (χ4n) is 2.43. The van der Waals surface area contributed by atoms with Gasteiger partial charge in [-0.25, -0.2) is 15.2 Å². The van der Waals surface area contributed by atoms with Gasteiger partial charge in [0.05, 0.1) is 18.1 Å². The van der Waals surface area contributed by atoms with Crippen LogP contribution in [0.15, 0.2) is 52.4 Å². The van der Waals surface area contributed by atoms with E-state index in [1.165, 1.54) is 0 Å². The van der Waals surface area contributed by atoms with Crippen molar-refractivity contribution < 1.29 is 14.6 Å². The van der Waals surface area contributed by atoms with Gasteiger partial charge in [-0.1, -0.05) is 35.3 Å². The van der Waals surface area contributed by atoms with Crippen molar-refractivity contribution in [2.45, 2.75) is 6.10 Å². The number of methoxy groups -OCH3 is 1. The number of carbonyl (C=O) groups is 1. The van der Waals surface area contributed by atoms with Crippen molar-refractivity contribution >= 4 is 46.0 Å². The Hall–Kier alpha value is -2.94. The van der Waals surface area contributed by atoms with Crippen molar-refractivity contribution in [1.82, 2.24) is 15.4 Å². The normalized spacial score (nSPS) is 12.6. The molecule has 28 heavy (non-hydrogen) atoms. The number of rotatable bonds is 4. The highest BCUT2D eigenvalue weighted by Gasteiger charge is 2.23. The lowest BCUT2D eigenvalue weighted by molar-refractivity contribution is 0.171. The topological polar surface area (TPSA) is 117 Å². The number of nitrogens with zero attached hydrogens (tertiary/aromatic N) is 2. The summed E-state index contributed by atoms with van der Waals surface area (Å²) in [4.78, 5) is 30.9. The minimum absolute atomic E-state index is 0.173. The second kappa shape index (κ2) is 8.39. The molecule has 0 saturated heterocycles. The molecule has 10 heteroatoms. The molecule has 144 valence electrons. The summed E-state index contributed by atoms with van der Waals surface area (Å²) in [6.07, 6.45) is -2.24. The molecule has 1 atom stereocenters. The van der Waals surface area contributed by atoms with Crippen LogP contribution in [0.25, 0.3) is 11.0 Å². The van der Waals surface area contributed by atoms with Gasteiger partial charge in [0, 0.05) is 10.0 Å². The highest BCUT2D eigenvalue weighted by molar-refractivity contribution is 6.31. The largest absolute Gasteiger partial charge is 0.452 e. The fourth-order valence-corrected chi connectivity index (χ4v) is 2.73. The summed E-state index contributed by atoms with van der Waals surface area (Å²) in [7, 11) is 1.16. The first-order chi connectivity index (χ1) is 13.4. The van der Waals surface area contributed by atoms with Crippen LogP contribution >= 0.6 is 23.2 Å². The third-order valence-corrected chi connectivity index (χ3v) is 4.28. The lowest BCUT2D eigenvalue weighted by atomic mass is 10.0. The summed E-state index contributed by atoms with van der Waals surface area (Å²) in [6, 6.07) is 11.0. The number of fused-ring (bicyclic) bond motifs is 1. The zero-order chi connectivity index (χ0) is 20.3. The molecule has 0 fully saturated rings. The quantitative estimate of drug-likeness (QED) is 0.442. The van der Waals surface area contributed by atoms with Crippen LogP contribution < -0.4 is 11.0 Å². The minimum atomic E-state index is -1.37. The summed E-state index contributed by atoms with van der Waals surface area (Å²) in [5, 5.41) is 15.5. The standard InChI is InChI=1S/C18H14Cl2N4O4/c1-28-18(27)24-23-14(16(25)9-2-4-10(19)5-3-9)15-17(26)22-13-8-11(20)6-7-12(13)21-15/h2-8,16,25H,1H3,(H,22,26)(H,24,27)/b23-14-. The first-order valence-electron chi connectivity index (χ1n) is 7.94. The Kier molecular flexibility index (Phi) is 5.93. The average Bonchev–Trinajstić information content (AvgIpc) is 2.68. The zero-order valence-electron chi connectivity index (χ0n) is 14.4. The van der Waals surface area contributed by atoms with Crippen LogP contribution in [-0.2, 0) is 4.74 Å². The number of hydrogen-bond acceptors (Lipinski definition) is 6. The molecule has 0 aliphatic heterocycles. The molecule has 0 saturated carbocycles. The summed E-state index contributed by atoms with van der Waals surface area (Å²) in [6.45, 7) is 0. The zero-order valence-corrected chi connectivity index (χ0v) is 16.0. The number of aliphatic hydroxyl groups is 1. The van der Waals surface area contributed by atoms with Crippen LogP contribution in [0.3, 0.4) is 0 Å². The van der Waals surface area contributed by atoms with Gasteiger partial charge in [-0.2, -0.15) is 5.10 Å². The van der Waals surface area contributed by atoms with E-state index >= 15 is 0 Å². The highest BCUT2D eigenvalue weighted by atomic mass is 35.5. The smallest absolute Gasteiger partial charge is 0.427 e. The van der Waals surface area contributed by atoms with E-state index in [0.717, 1.165) is 7.11 Å². The van der Waals surface area contributed by atoms with Crippen LogP contribution in [0.4, 0.5) is 4.79 Å². The molecule has 0 aliphatic carbocycles. The van der Waals surface area contributed by atoms with Crippen LogP contribution in [0, 0.1) is 0 Å². The summed E-state index contributed by atoms with van der Waals surface area (Å²) >= 11 is 11.8. The maximum absolute atomic E-state index is 12.6. The Morgan fingerprint density at radius 1 is 1.21 bits per heavy atom. The van der Waals surface area contributed by atoms with Gasteiger partial charge in [-0.15, -0.1) is 0 Å². The fraction of sp³-hybridized carbons (Fsp3) is 0.111. The number of aromatic amines is 1. The molecule has 0 spiro atoms. The van der Waals surface area contributed by atoms with Crippen LogP contribution in [0.2, 0.25) is 10.0 Å². The van der Waals surface area contributed by atoms with E-state index in [9.17, 15) is 14.7 Å². The monoisotopic (exact) mass is 420 g/mol. The van der Waals surface area contributed by atoms with E-state index in [0.29, 0.717) is 26.6 Å². The molecule has 8 nitrogen and oxygen atoms in total. The number of amides is 1. The number of aliphatic hydroxyl groups excluding tert-OH is 1. The Morgan fingerprint density at radius 3 is 2.57 bits per heavy atom. The Bertz CT molecular complexity index is 1110. The second-order valence-electron chi connectivity index (χ2n) is 5.63. The van der Waals surface area contributed by atoms with Crippen molar-refractivity contribution in [3.05, 3.63) is 74.1 Å². The van der Waals surface area contributed by atoms with Gasteiger partial charge in [0.1, 0.15) is 11.8 Å². The molecule has 2 aromatic carbocycles. The van der Waals surface area contributed by atoms with E-state index in [2.05, 4.69) is 25.2 Å². The molecule has 3 rings (SSSR count). The minimum Gasteiger partial charge on any atom is -0.452 e. The van der Waals surface area contributed by atoms with E-state index in [1.54, 1.807) is 42.5 Å². The lowest BCUT2D eigenvalue weighted by Gasteiger charge is -2.14. The molecular formula is C18H14Cl2N4O4. The van der Waals surface area contributed by atoms with Crippen LogP contribution in [0.5, 0.6) is 0 Å². The number of H-pyrrole nitrogens is 1. The molecular weight excluding hydrogens is 407 g/mol. The molecule has 1 heterocycles. The highest BCUT2D eigenvalue weighted by Crippen LogP contribution is 2.21. The Balaban J connectivity index is 2.13. The number of carbonyl (C=O) groups excluding carboxylic acids is 1. The lowest BCUT2D eigenvalue weighted by Crippen LogP contribution is -2.29. The maximum atomic E-state index is 12.6. The number of hydrazone groups is 1. The van der Waals surface area contributed by atoms with E-state index < -0.39 is 17.8 Å². The van der Waals surface area contributed by atoms with Crippen LogP contribution in [0.1, 0.15) is 17.4 Å². The molecule has 1 amide bonds. The maximum Gasteiger partial charge on any atom is 0.427 e. The summed E-state index contributed by atoms with van der Waals surface area (Å²) in [5.74, 6) is 0. The first-order valence-corrected chi connectivity index (χ1v) is 8.69. The molecule has 1 aromatic heterocycles. The van der Waals surface area contributed by atoms with Crippen LogP contribution in [-0.4, -0.2) is 34.0 Å². The van der Waals surface area contributed by atoms with Gasteiger partial charge in [0.15, 0.2) is 5.69 Å². The molecule has 3 aromatic rings. The molecule has 1 unspecified atom stereocenters. The average molecular weight is 421 g/mol. The number of hydrogen-bond donors (Lipinski definition) is 3. The first kappa shape index (κ1) is 19.8. The van der Waals surface area contributed by atoms with Crippen molar-refractivity contribution in [2.75, 3.05) is 7.11 Å². The van der Waals surface area contributed by atoms with Gasteiger partial charge >= 0.3 is 6.09 Å². The van der Waals surface area contributed by atoms with Gasteiger partial charge in [0.2, 0.25) is 0 Å². The van der Waals surface area contributed by atoms with Gasteiger partial charge in [-0.3, -0.25) is 4.79 Å². The van der Waals surface area contributed by atoms with E-state index in [1.807, 2.05) is 0 Å². The third kappa shape index (κ3) is 4.30. The number of halogens is 2. The van der Waals surface area contributed by atoms with Gasteiger partial charge < -0.3 is 14.8 Å². The molecule has 3 N–H and O–H groups in total. The van der Waals surface area contributed by atoms with Crippen molar-refractivity contribution in [2.24, 2.45) is 5.10 Å². The van der Waals surface area contributed by atoms with Crippen molar-refractivity contribution in [3.63, 3.8) is 0 Å². The number of aromatic nitrogens is 2. The summed E-state index contributed by atoms with van der Waals surface area (Å²) in [5.41, 5.74) is 2.38. The van der Waals surface area contributed by atoms with Crippen molar-refractivity contribution in [3.8, 4) is 0 Å². The molecule has 0 bridgehead atoms.